The second kappa shape index (κ2) is 8.88. The van der Waals surface area contributed by atoms with Crippen LogP contribution in [0.1, 0.15) is 38.0 Å². The summed E-state index contributed by atoms with van der Waals surface area (Å²) in [6, 6.07) is 7.94. The van der Waals surface area contributed by atoms with Gasteiger partial charge in [-0.3, -0.25) is 0 Å². The molecule has 1 aromatic carbocycles. The first kappa shape index (κ1) is 20.3. The molecule has 0 atom stereocenters. The summed E-state index contributed by atoms with van der Waals surface area (Å²) in [5.74, 6) is 0.832. The highest BCUT2D eigenvalue weighted by Crippen LogP contribution is 2.33. The van der Waals surface area contributed by atoms with Crippen LogP contribution in [0.15, 0.2) is 55.9 Å². The Hall–Kier alpha value is -2.59. The molecule has 5 rings (SSSR count). The van der Waals surface area contributed by atoms with Crippen molar-refractivity contribution in [3.05, 3.63) is 53.0 Å². The van der Waals surface area contributed by atoms with Gasteiger partial charge in [0.1, 0.15) is 11.6 Å². The van der Waals surface area contributed by atoms with Gasteiger partial charge in [-0.15, -0.1) is 16.9 Å². The molecule has 0 N–H and O–H groups in total. The Morgan fingerprint density at radius 2 is 1.97 bits per heavy atom. The number of hydrogen-bond acceptors (Lipinski definition) is 8. The number of thioether (sulfide) groups is 2. The van der Waals surface area contributed by atoms with Crippen LogP contribution in [0.3, 0.4) is 0 Å². The van der Waals surface area contributed by atoms with E-state index in [-0.39, 0.29) is 12.2 Å². The second-order valence-corrected chi connectivity index (χ2v) is 9.65. The summed E-state index contributed by atoms with van der Waals surface area (Å²) in [5, 5.41) is 9.92. The number of hydrogen-bond donors (Lipinski definition) is 0. The summed E-state index contributed by atoms with van der Waals surface area (Å²) in [4.78, 5) is 23.0. The van der Waals surface area contributed by atoms with Gasteiger partial charge in [0.15, 0.2) is 5.65 Å². The zero-order valence-electron chi connectivity index (χ0n) is 17.1. The topological polar surface area (TPSA) is 91.1 Å². The van der Waals surface area contributed by atoms with Gasteiger partial charge < -0.3 is 4.52 Å². The van der Waals surface area contributed by atoms with Crippen molar-refractivity contribution in [1.82, 2.24) is 29.3 Å². The van der Waals surface area contributed by atoms with E-state index in [2.05, 4.69) is 20.2 Å². The molecule has 3 heterocycles. The van der Waals surface area contributed by atoms with Crippen LogP contribution in [0.25, 0.3) is 17.0 Å². The average Bonchev–Trinajstić information content (AvgIpc) is 3.40. The average molecular weight is 455 g/mol. The SMILES string of the molecule is CSc1ccc(-c2noc(Cn3nc4c(SC5CCCCC5)nccn4c3=O)n2)cc1. The number of aromatic nitrogens is 6. The highest BCUT2D eigenvalue weighted by molar-refractivity contribution is 8.00. The molecule has 0 saturated heterocycles. The van der Waals surface area contributed by atoms with Crippen LogP contribution in [-0.4, -0.2) is 40.8 Å². The zero-order valence-corrected chi connectivity index (χ0v) is 18.7. The first-order chi connectivity index (χ1) is 15.2. The molecule has 0 radical (unpaired) electrons. The van der Waals surface area contributed by atoms with Crippen LogP contribution in [-0.2, 0) is 6.54 Å². The third kappa shape index (κ3) is 4.27. The highest BCUT2D eigenvalue weighted by atomic mass is 32.2. The van der Waals surface area contributed by atoms with E-state index in [4.69, 9.17) is 4.52 Å². The molecule has 1 fully saturated rings. The standard InChI is InChI=1S/C21H22N6O2S2/c1-30-15-9-7-14(8-10-15)18-23-17(29-25-18)13-27-21(28)26-12-11-22-20(19(26)24-27)31-16-5-3-2-4-6-16/h7-12,16H,2-6,13H2,1H3. The van der Waals surface area contributed by atoms with Crippen molar-refractivity contribution in [2.75, 3.05) is 6.26 Å². The van der Waals surface area contributed by atoms with E-state index in [1.165, 1.54) is 46.1 Å². The first-order valence-electron chi connectivity index (χ1n) is 10.3. The summed E-state index contributed by atoms with van der Waals surface area (Å²) < 4.78 is 8.28. The van der Waals surface area contributed by atoms with Crippen molar-refractivity contribution in [3.8, 4) is 11.4 Å². The number of nitrogens with zero attached hydrogens (tertiary/aromatic N) is 6. The molecule has 1 aliphatic rings. The number of rotatable bonds is 6. The largest absolute Gasteiger partial charge is 0.350 e. The van der Waals surface area contributed by atoms with E-state index in [1.54, 1.807) is 35.9 Å². The lowest BCUT2D eigenvalue weighted by Crippen LogP contribution is -2.21. The Balaban J connectivity index is 1.39. The molecule has 8 nitrogen and oxygen atoms in total. The Morgan fingerprint density at radius 1 is 1.16 bits per heavy atom. The minimum atomic E-state index is -0.244. The highest BCUT2D eigenvalue weighted by Gasteiger charge is 2.20. The quantitative estimate of drug-likeness (QED) is 0.402. The van der Waals surface area contributed by atoms with Crippen molar-refractivity contribution >= 4 is 29.2 Å². The molecule has 0 unspecified atom stereocenters. The van der Waals surface area contributed by atoms with E-state index in [0.29, 0.717) is 22.6 Å². The molecule has 0 amide bonds. The summed E-state index contributed by atoms with van der Waals surface area (Å²) >= 11 is 3.40. The van der Waals surface area contributed by atoms with Crippen LogP contribution < -0.4 is 5.69 Å². The summed E-state index contributed by atoms with van der Waals surface area (Å²) in [5.41, 5.74) is 1.20. The van der Waals surface area contributed by atoms with E-state index < -0.39 is 0 Å². The Bertz CT molecular complexity index is 1240. The van der Waals surface area contributed by atoms with Crippen molar-refractivity contribution in [2.24, 2.45) is 0 Å². The third-order valence-electron chi connectivity index (χ3n) is 5.40. The molecule has 1 aliphatic carbocycles. The second-order valence-electron chi connectivity index (χ2n) is 7.48. The van der Waals surface area contributed by atoms with Crippen LogP contribution in [0.4, 0.5) is 0 Å². The van der Waals surface area contributed by atoms with E-state index in [1.807, 2.05) is 30.5 Å². The first-order valence-corrected chi connectivity index (χ1v) is 12.4. The van der Waals surface area contributed by atoms with Crippen molar-refractivity contribution in [1.29, 1.82) is 0 Å². The third-order valence-corrected chi connectivity index (χ3v) is 7.46. The van der Waals surface area contributed by atoms with Gasteiger partial charge >= 0.3 is 5.69 Å². The van der Waals surface area contributed by atoms with Gasteiger partial charge in [-0.1, -0.05) is 36.2 Å². The lowest BCUT2D eigenvalue weighted by atomic mass is 10.0. The smallest absolute Gasteiger partial charge is 0.337 e. The lowest BCUT2D eigenvalue weighted by Gasteiger charge is -2.20. The van der Waals surface area contributed by atoms with Gasteiger partial charge in [0, 0.05) is 28.1 Å². The van der Waals surface area contributed by atoms with Crippen LogP contribution in [0.2, 0.25) is 0 Å². The monoisotopic (exact) mass is 454 g/mol. The number of fused-ring (bicyclic) bond motifs is 1. The predicted octanol–water partition coefficient (Wildman–Crippen LogP) is 4.14. The molecule has 0 spiro atoms. The Kier molecular flexibility index (Phi) is 5.82. The minimum absolute atomic E-state index is 0.115. The lowest BCUT2D eigenvalue weighted by molar-refractivity contribution is 0.364. The van der Waals surface area contributed by atoms with E-state index >= 15 is 0 Å². The normalized spacial score (nSPS) is 15.0. The molecule has 3 aromatic heterocycles. The maximum atomic E-state index is 12.9. The Labute approximate surface area is 187 Å². The van der Waals surface area contributed by atoms with Gasteiger partial charge in [0.2, 0.25) is 11.7 Å². The van der Waals surface area contributed by atoms with Crippen LogP contribution in [0, 0.1) is 0 Å². The fourth-order valence-corrected chi connectivity index (χ4v) is 5.42. The Morgan fingerprint density at radius 3 is 2.74 bits per heavy atom. The van der Waals surface area contributed by atoms with Crippen molar-refractivity contribution < 1.29 is 4.52 Å². The summed E-state index contributed by atoms with van der Waals surface area (Å²) in [6.45, 7) is 0.115. The van der Waals surface area contributed by atoms with Gasteiger partial charge in [0.05, 0.1) is 0 Å². The van der Waals surface area contributed by atoms with Gasteiger partial charge in [0.25, 0.3) is 0 Å². The summed E-state index contributed by atoms with van der Waals surface area (Å²) in [6.07, 6.45) is 11.5. The van der Waals surface area contributed by atoms with E-state index in [0.717, 1.165) is 10.6 Å². The fraction of sp³-hybridized carbons (Fsp3) is 0.381. The molecular weight excluding hydrogens is 432 g/mol. The fourth-order valence-electron chi connectivity index (χ4n) is 3.76. The minimum Gasteiger partial charge on any atom is -0.337 e. The van der Waals surface area contributed by atoms with Crippen molar-refractivity contribution in [2.45, 2.75) is 53.8 Å². The zero-order chi connectivity index (χ0) is 21.2. The molecule has 31 heavy (non-hydrogen) atoms. The number of benzene rings is 1. The maximum Gasteiger partial charge on any atom is 0.350 e. The van der Waals surface area contributed by atoms with Crippen LogP contribution in [0.5, 0.6) is 0 Å². The van der Waals surface area contributed by atoms with Gasteiger partial charge in [-0.05, 0) is 43.4 Å². The molecule has 1 saturated carbocycles. The van der Waals surface area contributed by atoms with Crippen molar-refractivity contribution in [3.63, 3.8) is 0 Å². The molecule has 0 aliphatic heterocycles. The molecule has 4 aromatic rings. The van der Waals surface area contributed by atoms with Gasteiger partial charge in [-0.25, -0.2) is 18.9 Å². The molecule has 0 bridgehead atoms. The molecule has 10 heteroatoms. The summed E-state index contributed by atoms with van der Waals surface area (Å²) in [7, 11) is 0. The maximum absolute atomic E-state index is 12.9. The molecular formula is C21H22N6O2S2. The van der Waals surface area contributed by atoms with Crippen LogP contribution >= 0.6 is 23.5 Å². The van der Waals surface area contributed by atoms with Gasteiger partial charge in [-0.2, -0.15) is 4.98 Å². The predicted molar refractivity (Wildman–Crippen MR) is 121 cm³/mol. The molecule has 160 valence electrons. The van der Waals surface area contributed by atoms with E-state index in [9.17, 15) is 4.79 Å².